The molecule has 1 N–H and O–H groups in total. The first kappa shape index (κ1) is 16.6. The van der Waals surface area contributed by atoms with Crippen LogP contribution in [0.1, 0.15) is 31.1 Å². The number of aromatic nitrogens is 4. The Morgan fingerprint density at radius 2 is 1.91 bits per heavy atom. The minimum Gasteiger partial charge on any atom is -0.452 e. The van der Waals surface area contributed by atoms with E-state index in [1.165, 1.54) is 11.0 Å². The Morgan fingerprint density at radius 1 is 1.22 bits per heavy atom. The van der Waals surface area contributed by atoms with Crippen molar-refractivity contribution >= 4 is 11.9 Å². The van der Waals surface area contributed by atoms with E-state index in [2.05, 4.69) is 20.8 Å². The number of nitrogens with zero attached hydrogens (tertiary/aromatic N) is 4. The highest BCUT2D eigenvalue weighted by molar-refractivity contribution is 5.91. The predicted octanol–water partition coefficient (Wildman–Crippen LogP) is 0.980. The molecule has 2 rings (SSSR count). The largest absolute Gasteiger partial charge is 0.452 e. The molecule has 0 unspecified atom stereocenters. The lowest BCUT2D eigenvalue weighted by atomic mass is 10.1. The number of nitrogens with one attached hydrogen (secondary N) is 1. The zero-order chi connectivity index (χ0) is 16.8. The molecule has 0 spiro atoms. The maximum absolute atomic E-state index is 11.9. The molecular formula is C15H19N5O3. The Hall–Kier alpha value is -2.77. The number of carbonyl (C=O) groups is 2. The van der Waals surface area contributed by atoms with Gasteiger partial charge in [0.25, 0.3) is 5.91 Å². The summed E-state index contributed by atoms with van der Waals surface area (Å²) in [5.74, 6) is -0.557. The van der Waals surface area contributed by atoms with Gasteiger partial charge in [-0.05, 0) is 47.5 Å². The highest BCUT2D eigenvalue weighted by Gasteiger charge is 2.14. The monoisotopic (exact) mass is 317 g/mol. The van der Waals surface area contributed by atoms with Gasteiger partial charge < -0.3 is 10.1 Å². The Morgan fingerprint density at radius 3 is 2.48 bits per heavy atom. The molecule has 0 aliphatic carbocycles. The third kappa shape index (κ3) is 4.60. The minimum atomic E-state index is -0.555. The molecule has 2 aromatic rings. The third-order valence-corrected chi connectivity index (χ3v) is 3.44. The molecule has 0 aliphatic heterocycles. The maximum Gasteiger partial charge on any atom is 0.338 e. The fraction of sp³-hybridized carbons (Fsp3) is 0.400. The normalized spacial score (nSPS) is 12.0. The molecule has 1 amide bonds. The van der Waals surface area contributed by atoms with Crippen molar-refractivity contribution in [3.8, 4) is 5.69 Å². The second-order valence-electron chi connectivity index (χ2n) is 5.48. The average Bonchev–Trinajstić information content (AvgIpc) is 3.07. The number of ether oxygens (including phenoxy) is 1. The molecular weight excluding hydrogens is 298 g/mol. The van der Waals surface area contributed by atoms with Crippen LogP contribution < -0.4 is 5.32 Å². The van der Waals surface area contributed by atoms with Crippen molar-refractivity contribution in [3.05, 3.63) is 36.2 Å². The van der Waals surface area contributed by atoms with Gasteiger partial charge in [0.1, 0.15) is 6.33 Å². The lowest BCUT2D eigenvalue weighted by Crippen LogP contribution is -2.38. The summed E-state index contributed by atoms with van der Waals surface area (Å²) in [4.78, 5) is 23.6. The fourth-order valence-electron chi connectivity index (χ4n) is 1.71. The van der Waals surface area contributed by atoms with Crippen LogP contribution in [0.2, 0.25) is 0 Å². The van der Waals surface area contributed by atoms with Crippen LogP contribution in [0.4, 0.5) is 0 Å². The van der Waals surface area contributed by atoms with Crippen LogP contribution in [0.15, 0.2) is 30.6 Å². The van der Waals surface area contributed by atoms with E-state index >= 15 is 0 Å². The van der Waals surface area contributed by atoms with Gasteiger partial charge >= 0.3 is 5.97 Å². The van der Waals surface area contributed by atoms with Gasteiger partial charge in [-0.1, -0.05) is 13.8 Å². The summed E-state index contributed by atoms with van der Waals surface area (Å²) in [7, 11) is 0. The van der Waals surface area contributed by atoms with Gasteiger partial charge in [-0.25, -0.2) is 9.48 Å². The second kappa shape index (κ2) is 7.48. The highest BCUT2D eigenvalue weighted by atomic mass is 16.5. The van der Waals surface area contributed by atoms with Crippen LogP contribution >= 0.6 is 0 Å². The summed E-state index contributed by atoms with van der Waals surface area (Å²) >= 11 is 0. The number of benzene rings is 1. The van der Waals surface area contributed by atoms with Gasteiger partial charge in [0, 0.05) is 6.04 Å². The average molecular weight is 317 g/mol. The van der Waals surface area contributed by atoms with E-state index < -0.39 is 5.97 Å². The number of esters is 1. The number of hydrogen-bond donors (Lipinski definition) is 1. The zero-order valence-electron chi connectivity index (χ0n) is 13.3. The van der Waals surface area contributed by atoms with E-state index in [0.717, 1.165) is 5.69 Å². The number of carbonyl (C=O) groups excluding carboxylic acids is 2. The van der Waals surface area contributed by atoms with Crippen molar-refractivity contribution in [2.45, 2.75) is 26.8 Å². The summed E-state index contributed by atoms with van der Waals surface area (Å²) in [5.41, 5.74) is 1.07. The van der Waals surface area contributed by atoms with Crippen LogP contribution in [0, 0.1) is 5.92 Å². The first-order chi connectivity index (χ1) is 11.0. The number of amides is 1. The van der Waals surface area contributed by atoms with Crippen molar-refractivity contribution in [2.24, 2.45) is 5.92 Å². The molecule has 0 aliphatic rings. The van der Waals surface area contributed by atoms with Crippen LogP contribution in [0.3, 0.4) is 0 Å². The number of tetrazole rings is 1. The summed E-state index contributed by atoms with van der Waals surface area (Å²) in [6.07, 6.45) is 1.45. The summed E-state index contributed by atoms with van der Waals surface area (Å²) in [6.45, 7) is 5.61. The van der Waals surface area contributed by atoms with Crippen LogP contribution in [0.25, 0.3) is 5.69 Å². The van der Waals surface area contributed by atoms with E-state index in [0.29, 0.717) is 11.5 Å². The van der Waals surface area contributed by atoms with Crippen molar-refractivity contribution < 1.29 is 14.3 Å². The first-order valence-electron chi connectivity index (χ1n) is 7.27. The standard InChI is InChI=1S/C15H19N5O3/c1-10(2)11(3)17-14(21)8-23-15(22)12-4-6-13(7-5-12)20-9-16-18-19-20/h4-7,9-11H,8H2,1-3H3,(H,17,21)/t11-/m0/s1. The van der Waals surface area contributed by atoms with E-state index in [1.807, 2.05) is 20.8 Å². The summed E-state index contributed by atoms with van der Waals surface area (Å²) in [5, 5.41) is 13.6. The Bertz CT molecular complexity index is 652. The molecule has 1 heterocycles. The molecule has 0 fully saturated rings. The van der Waals surface area contributed by atoms with Gasteiger partial charge in [-0.2, -0.15) is 0 Å². The Kier molecular flexibility index (Phi) is 5.40. The van der Waals surface area contributed by atoms with Crippen molar-refractivity contribution in [1.82, 2.24) is 25.5 Å². The maximum atomic E-state index is 11.9. The second-order valence-corrected chi connectivity index (χ2v) is 5.48. The van der Waals surface area contributed by atoms with Gasteiger partial charge in [-0.3, -0.25) is 4.79 Å². The van der Waals surface area contributed by atoms with E-state index in [9.17, 15) is 9.59 Å². The van der Waals surface area contributed by atoms with E-state index in [4.69, 9.17) is 4.74 Å². The predicted molar refractivity (Wildman–Crippen MR) is 81.9 cm³/mol. The molecule has 0 saturated carbocycles. The Balaban J connectivity index is 1.87. The molecule has 1 aromatic carbocycles. The zero-order valence-corrected chi connectivity index (χ0v) is 13.3. The molecule has 0 bridgehead atoms. The lowest BCUT2D eigenvalue weighted by Gasteiger charge is -2.17. The smallest absolute Gasteiger partial charge is 0.338 e. The molecule has 23 heavy (non-hydrogen) atoms. The Labute approximate surface area is 133 Å². The van der Waals surface area contributed by atoms with Crippen LogP contribution in [-0.4, -0.2) is 44.7 Å². The molecule has 122 valence electrons. The van der Waals surface area contributed by atoms with Gasteiger partial charge in [0.2, 0.25) is 0 Å². The van der Waals surface area contributed by atoms with Crippen molar-refractivity contribution in [3.63, 3.8) is 0 Å². The van der Waals surface area contributed by atoms with Gasteiger partial charge in [-0.15, -0.1) is 5.10 Å². The minimum absolute atomic E-state index is 0.0248. The number of hydrogen-bond acceptors (Lipinski definition) is 6. The molecule has 8 nitrogen and oxygen atoms in total. The van der Waals surface area contributed by atoms with Crippen LogP contribution in [0.5, 0.6) is 0 Å². The lowest BCUT2D eigenvalue weighted by molar-refractivity contribution is -0.125. The molecule has 8 heteroatoms. The van der Waals surface area contributed by atoms with E-state index in [-0.39, 0.29) is 18.6 Å². The van der Waals surface area contributed by atoms with Gasteiger partial charge in [0.05, 0.1) is 11.3 Å². The van der Waals surface area contributed by atoms with Gasteiger partial charge in [0.15, 0.2) is 6.61 Å². The van der Waals surface area contributed by atoms with E-state index in [1.54, 1.807) is 24.3 Å². The summed E-state index contributed by atoms with van der Waals surface area (Å²) in [6, 6.07) is 6.58. The highest BCUT2D eigenvalue weighted by Crippen LogP contribution is 2.09. The summed E-state index contributed by atoms with van der Waals surface area (Å²) < 4.78 is 6.47. The molecule has 0 radical (unpaired) electrons. The topological polar surface area (TPSA) is 99.0 Å². The van der Waals surface area contributed by atoms with Crippen molar-refractivity contribution in [1.29, 1.82) is 0 Å². The quantitative estimate of drug-likeness (QED) is 0.797. The first-order valence-corrected chi connectivity index (χ1v) is 7.27. The molecule has 1 atom stereocenters. The molecule has 1 aromatic heterocycles. The number of rotatable bonds is 6. The molecule has 0 saturated heterocycles. The van der Waals surface area contributed by atoms with Crippen molar-refractivity contribution in [2.75, 3.05) is 6.61 Å². The van der Waals surface area contributed by atoms with Crippen LogP contribution in [-0.2, 0) is 9.53 Å². The fourth-order valence-corrected chi connectivity index (χ4v) is 1.71. The SMILES string of the molecule is CC(C)[C@H](C)NC(=O)COC(=O)c1ccc(-n2cnnn2)cc1. The third-order valence-electron chi connectivity index (χ3n) is 3.44.